The van der Waals surface area contributed by atoms with Gasteiger partial charge < -0.3 is 4.57 Å². The van der Waals surface area contributed by atoms with Crippen LogP contribution >= 0.6 is 0 Å². The lowest BCUT2D eigenvalue weighted by Gasteiger charge is -2.23. The molecule has 0 saturated heterocycles. The molecule has 1 aromatic heterocycles. The maximum Gasteiger partial charge on any atom is 0.0446 e. The molecule has 0 amide bonds. The monoisotopic (exact) mass is 327 g/mol. The number of nitrogens with zero attached hydrogens (tertiary/aromatic N) is 1. The normalized spacial score (nSPS) is 20.9. The van der Waals surface area contributed by atoms with Gasteiger partial charge in [-0.25, -0.2) is 0 Å². The number of benzene rings is 1. The Morgan fingerprint density at radius 2 is 1.92 bits per heavy atom. The summed E-state index contributed by atoms with van der Waals surface area (Å²) in [6, 6.07) is 11.0. The molecule has 0 fully saturated rings. The number of rotatable bonds is 2. The van der Waals surface area contributed by atoms with E-state index in [2.05, 4.69) is 105 Å². The van der Waals surface area contributed by atoms with Gasteiger partial charge in [0.15, 0.2) is 0 Å². The average molecular weight is 327 g/mol. The third kappa shape index (κ3) is 2.55. The maximum absolute atomic E-state index is 2.34. The zero-order valence-corrected chi connectivity index (χ0v) is 15.5. The zero-order valence-electron chi connectivity index (χ0n) is 15.5. The largest absolute Gasteiger partial charge is 0.351 e. The highest BCUT2D eigenvalue weighted by Crippen LogP contribution is 2.46. The predicted molar refractivity (Wildman–Crippen MR) is 107 cm³/mol. The van der Waals surface area contributed by atoms with Gasteiger partial charge in [-0.1, -0.05) is 68.5 Å². The fourth-order valence-electron chi connectivity index (χ4n) is 4.22. The van der Waals surface area contributed by atoms with E-state index in [1.54, 1.807) is 0 Å². The minimum Gasteiger partial charge on any atom is -0.351 e. The first-order valence-corrected chi connectivity index (χ1v) is 8.99. The predicted octanol–water partition coefficient (Wildman–Crippen LogP) is 4.09. The molecule has 1 aromatic carbocycles. The van der Waals surface area contributed by atoms with Crippen LogP contribution in [0.1, 0.15) is 31.9 Å². The molecule has 25 heavy (non-hydrogen) atoms. The van der Waals surface area contributed by atoms with Gasteiger partial charge in [-0.15, -0.1) is 0 Å². The summed E-state index contributed by atoms with van der Waals surface area (Å²) in [6.45, 7) is 6.92. The van der Waals surface area contributed by atoms with Gasteiger partial charge in [0, 0.05) is 29.9 Å². The van der Waals surface area contributed by atoms with Crippen molar-refractivity contribution < 1.29 is 0 Å². The van der Waals surface area contributed by atoms with Crippen molar-refractivity contribution in [1.82, 2.24) is 4.57 Å². The fourth-order valence-corrected chi connectivity index (χ4v) is 4.22. The van der Waals surface area contributed by atoms with Crippen LogP contribution in [-0.2, 0) is 12.5 Å². The van der Waals surface area contributed by atoms with Crippen molar-refractivity contribution in [3.8, 4) is 0 Å². The summed E-state index contributed by atoms with van der Waals surface area (Å²) in [5.41, 5.74) is 5.72. The van der Waals surface area contributed by atoms with E-state index in [-0.39, 0.29) is 5.41 Å². The number of aromatic nitrogens is 1. The molecule has 2 aliphatic carbocycles. The summed E-state index contributed by atoms with van der Waals surface area (Å²) >= 11 is 0. The van der Waals surface area contributed by atoms with Crippen molar-refractivity contribution in [2.45, 2.75) is 26.2 Å². The van der Waals surface area contributed by atoms with E-state index in [0.717, 1.165) is 0 Å². The number of hydrogen-bond donors (Lipinski definition) is 0. The second-order valence-electron chi connectivity index (χ2n) is 7.63. The smallest absolute Gasteiger partial charge is 0.0446 e. The van der Waals surface area contributed by atoms with E-state index in [4.69, 9.17) is 0 Å². The Morgan fingerprint density at radius 3 is 2.72 bits per heavy atom. The summed E-state index contributed by atoms with van der Waals surface area (Å²) in [7, 11) is 2.11. The molecule has 1 atom stereocenters. The van der Waals surface area contributed by atoms with Gasteiger partial charge in [0.25, 0.3) is 0 Å². The van der Waals surface area contributed by atoms with Crippen molar-refractivity contribution in [1.29, 1.82) is 0 Å². The van der Waals surface area contributed by atoms with Gasteiger partial charge >= 0.3 is 0 Å². The lowest BCUT2D eigenvalue weighted by molar-refractivity contribution is 0.653. The second-order valence-corrected chi connectivity index (χ2v) is 7.63. The third-order valence-corrected chi connectivity index (χ3v) is 5.68. The zero-order chi connectivity index (χ0) is 17.6. The molecule has 0 radical (unpaired) electrons. The molecule has 1 nitrogen and oxygen atoms in total. The van der Waals surface area contributed by atoms with E-state index in [1.165, 1.54) is 32.8 Å². The van der Waals surface area contributed by atoms with Crippen molar-refractivity contribution >= 4 is 17.7 Å². The maximum atomic E-state index is 2.34. The van der Waals surface area contributed by atoms with Crippen molar-refractivity contribution in [3.63, 3.8) is 0 Å². The Labute approximate surface area is 150 Å². The van der Waals surface area contributed by atoms with Crippen molar-refractivity contribution in [2.75, 3.05) is 0 Å². The topological polar surface area (TPSA) is 4.93 Å². The number of aryl methyl sites for hydroxylation is 1. The average Bonchev–Trinajstić information content (AvgIpc) is 2.93. The number of allylic oxidation sites excluding steroid dienone is 6. The molecule has 1 heterocycles. The molecule has 2 aliphatic rings. The van der Waals surface area contributed by atoms with Gasteiger partial charge in [-0.3, -0.25) is 0 Å². The van der Waals surface area contributed by atoms with Crippen LogP contribution < -0.4 is 10.6 Å². The summed E-state index contributed by atoms with van der Waals surface area (Å²) < 4.78 is 2.19. The van der Waals surface area contributed by atoms with E-state index in [9.17, 15) is 0 Å². The fraction of sp³-hybridized carbons (Fsp3) is 0.250. The van der Waals surface area contributed by atoms with Crippen LogP contribution in [0.25, 0.3) is 17.7 Å². The molecule has 0 saturated carbocycles. The van der Waals surface area contributed by atoms with E-state index in [1.807, 2.05) is 0 Å². The molecule has 0 bridgehead atoms. The van der Waals surface area contributed by atoms with Crippen molar-refractivity contribution in [2.24, 2.45) is 13.0 Å². The van der Waals surface area contributed by atoms with Gasteiger partial charge in [-0.2, -0.15) is 0 Å². The van der Waals surface area contributed by atoms with Crippen LogP contribution in [-0.4, -0.2) is 4.57 Å². The van der Waals surface area contributed by atoms with Crippen LogP contribution in [0, 0.1) is 5.92 Å². The number of hydrogen-bond acceptors (Lipinski definition) is 0. The first-order valence-electron chi connectivity index (χ1n) is 8.99. The third-order valence-electron chi connectivity index (χ3n) is 5.68. The highest BCUT2D eigenvalue weighted by Gasteiger charge is 2.34. The van der Waals surface area contributed by atoms with Gasteiger partial charge in [0.05, 0.1) is 0 Å². The Bertz CT molecular complexity index is 1040. The first-order chi connectivity index (χ1) is 12.0. The summed E-state index contributed by atoms with van der Waals surface area (Å²) in [5.74, 6) is 0.311. The minimum absolute atomic E-state index is 0.0634. The molecule has 4 rings (SSSR count). The standard InChI is InChI=1S/C24H25N/c1-17-20-10-5-6-11-22(20)24(2,3)21(17)13-12-18-8-7-9-19-14-15-25(4)23(19)16-18/h5-16,18H,1-4H3/b13-12-. The summed E-state index contributed by atoms with van der Waals surface area (Å²) in [5, 5.41) is 2.58. The van der Waals surface area contributed by atoms with Crippen molar-refractivity contribution in [3.05, 3.63) is 88.1 Å². The lowest BCUT2D eigenvalue weighted by Crippen LogP contribution is -2.27. The van der Waals surface area contributed by atoms with Gasteiger partial charge in [0.2, 0.25) is 0 Å². The Balaban J connectivity index is 1.73. The Kier molecular flexibility index (Phi) is 3.68. The molecule has 126 valence electrons. The van der Waals surface area contributed by atoms with E-state index in [0.29, 0.717) is 5.92 Å². The summed E-state index contributed by atoms with van der Waals surface area (Å²) in [6.07, 6.45) is 15.8. The molecule has 1 unspecified atom stereocenters. The lowest BCUT2D eigenvalue weighted by atomic mass is 9.81. The minimum atomic E-state index is 0.0634. The van der Waals surface area contributed by atoms with E-state index >= 15 is 0 Å². The SMILES string of the molecule is CC1=C(/C=C\C2C=CC=c3ccn(C)c3=C2)C(C)(C)c2ccccc21. The number of fused-ring (bicyclic) bond motifs is 2. The molecule has 0 N–H and O–H groups in total. The first kappa shape index (κ1) is 16.0. The molecular formula is C24H25N. The second kappa shape index (κ2) is 5.77. The van der Waals surface area contributed by atoms with Crippen LogP contribution in [0.2, 0.25) is 0 Å². The quantitative estimate of drug-likeness (QED) is 0.783. The van der Waals surface area contributed by atoms with Crippen LogP contribution in [0.3, 0.4) is 0 Å². The molecule has 2 aromatic rings. The van der Waals surface area contributed by atoms with Crippen LogP contribution in [0.5, 0.6) is 0 Å². The molecule has 0 spiro atoms. The van der Waals surface area contributed by atoms with Gasteiger partial charge in [-0.05, 0) is 46.6 Å². The highest BCUT2D eigenvalue weighted by atomic mass is 14.9. The molecule has 0 aliphatic heterocycles. The van der Waals surface area contributed by atoms with E-state index < -0.39 is 0 Å². The molecular weight excluding hydrogens is 302 g/mol. The molecule has 1 heteroatoms. The Morgan fingerprint density at radius 1 is 1.12 bits per heavy atom. The Hall–Kier alpha value is -2.54. The van der Waals surface area contributed by atoms with Crippen LogP contribution in [0.4, 0.5) is 0 Å². The van der Waals surface area contributed by atoms with Crippen LogP contribution in [0.15, 0.2) is 66.4 Å². The summed E-state index contributed by atoms with van der Waals surface area (Å²) in [4.78, 5) is 0. The van der Waals surface area contributed by atoms with Gasteiger partial charge in [0.1, 0.15) is 0 Å². The highest BCUT2D eigenvalue weighted by molar-refractivity contribution is 5.81.